The zero-order valence-corrected chi connectivity index (χ0v) is 13.0. The molecule has 2 aromatic rings. The minimum atomic E-state index is -0.0117. The number of hydrogen-bond donors (Lipinski definition) is 1. The third kappa shape index (κ3) is 2.29. The fraction of sp³-hybridized carbons (Fsp3) is 0.529. The van der Waals surface area contributed by atoms with Crippen LogP contribution in [0.4, 0.5) is 0 Å². The monoisotopic (exact) mass is 299 g/mol. The summed E-state index contributed by atoms with van der Waals surface area (Å²) in [7, 11) is 0. The highest BCUT2D eigenvalue weighted by atomic mass is 16.3. The second-order valence-corrected chi connectivity index (χ2v) is 6.62. The molecular weight excluding hydrogens is 278 g/mol. The van der Waals surface area contributed by atoms with E-state index in [0.717, 1.165) is 12.1 Å². The normalized spacial score (nSPS) is 30.6. The smallest absolute Gasteiger partial charge is 0.251 e. The lowest BCUT2D eigenvalue weighted by Crippen LogP contribution is -2.60. The van der Waals surface area contributed by atoms with Gasteiger partial charge in [-0.15, -0.1) is 0 Å². The van der Waals surface area contributed by atoms with Crippen molar-refractivity contribution in [1.82, 2.24) is 15.2 Å². The largest absolute Gasteiger partial charge is 0.441 e. The number of hydrogen-bond acceptors (Lipinski definition) is 4. The fourth-order valence-electron chi connectivity index (χ4n) is 3.89. The Kier molecular flexibility index (Phi) is 3.18. The van der Waals surface area contributed by atoms with Gasteiger partial charge in [0, 0.05) is 31.1 Å². The molecule has 1 aromatic heterocycles. The van der Waals surface area contributed by atoms with E-state index in [-0.39, 0.29) is 11.9 Å². The van der Waals surface area contributed by atoms with Gasteiger partial charge in [-0.1, -0.05) is 0 Å². The van der Waals surface area contributed by atoms with E-state index in [4.69, 9.17) is 4.42 Å². The molecule has 0 radical (unpaired) electrons. The quantitative estimate of drug-likeness (QED) is 0.925. The number of benzene rings is 1. The van der Waals surface area contributed by atoms with Crippen LogP contribution in [0.1, 0.15) is 36.0 Å². The molecule has 116 valence electrons. The Morgan fingerprint density at radius 3 is 3.05 bits per heavy atom. The summed E-state index contributed by atoms with van der Waals surface area (Å²) in [6.07, 6.45) is 2.38. The van der Waals surface area contributed by atoms with Gasteiger partial charge in [-0.05, 0) is 50.4 Å². The van der Waals surface area contributed by atoms with Gasteiger partial charge in [-0.25, -0.2) is 4.98 Å². The fourth-order valence-corrected chi connectivity index (χ4v) is 3.89. The molecule has 4 atom stereocenters. The van der Waals surface area contributed by atoms with Crippen molar-refractivity contribution in [3.05, 3.63) is 29.7 Å². The SMILES string of the molecule is Cc1nc2ccc(C(=O)NC3CN4CCC3CC4C)cc2o1. The predicted molar refractivity (Wildman–Crippen MR) is 83.8 cm³/mol. The van der Waals surface area contributed by atoms with Gasteiger partial charge in [0.25, 0.3) is 5.91 Å². The van der Waals surface area contributed by atoms with Gasteiger partial charge in [0.15, 0.2) is 11.5 Å². The maximum atomic E-state index is 12.5. The highest BCUT2D eigenvalue weighted by molar-refractivity contribution is 5.97. The van der Waals surface area contributed by atoms with E-state index in [1.54, 1.807) is 6.07 Å². The van der Waals surface area contributed by atoms with Crippen LogP contribution in [0.5, 0.6) is 0 Å². The first-order chi connectivity index (χ1) is 10.6. The molecule has 1 amide bonds. The molecule has 22 heavy (non-hydrogen) atoms. The molecule has 0 aliphatic carbocycles. The second kappa shape index (κ2) is 5.09. The van der Waals surface area contributed by atoms with Crippen LogP contribution in [0, 0.1) is 12.8 Å². The first-order valence-electron chi connectivity index (χ1n) is 8.02. The van der Waals surface area contributed by atoms with Crippen LogP contribution in [0.15, 0.2) is 22.6 Å². The minimum absolute atomic E-state index is 0.0117. The van der Waals surface area contributed by atoms with Crippen LogP contribution in [0.3, 0.4) is 0 Å². The highest BCUT2D eigenvalue weighted by Crippen LogP contribution is 2.32. The van der Waals surface area contributed by atoms with Crippen LogP contribution < -0.4 is 5.32 Å². The number of carbonyl (C=O) groups is 1. The molecule has 1 aromatic carbocycles. The van der Waals surface area contributed by atoms with E-state index in [9.17, 15) is 4.79 Å². The second-order valence-electron chi connectivity index (χ2n) is 6.62. The lowest BCUT2D eigenvalue weighted by Gasteiger charge is -2.48. The van der Waals surface area contributed by atoms with E-state index in [1.807, 2.05) is 19.1 Å². The van der Waals surface area contributed by atoms with Gasteiger partial charge >= 0.3 is 0 Å². The number of rotatable bonds is 2. The van der Waals surface area contributed by atoms with Crippen LogP contribution in [0.2, 0.25) is 0 Å². The summed E-state index contributed by atoms with van der Waals surface area (Å²) in [6.45, 7) is 6.24. The lowest BCUT2D eigenvalue weighted by molar-refractivity contribution is 0.0274. The van der Waals surface area contributed by atoms with Crippen LogP contribution in [0.25, 0.3) is 11.1 Å². The molecule has 4 unspecified atom stereocenters. The van der Waals surface area contributed by atoms with Crippen LogP contribution >= 0.6 is 0 Å². The zero-order chi connectivity index (χ0) is 15.3. The van der Waals surface area contributed by atoms with Crippen molar-refractivity contribution in [2.45, 2.75) is 38.8 Å². The number of piperidine rings is 3. The third-order valence-corrected chi connectivity index (χ3v) is 5.13. The van der Waals surface area contributed by atoms with E-state index < -0.39 is 0 Å². The molecule has 3 aliphatic heterocycles. The summed E-state index contributed by atoms with van der Waals surface area (Å²) >= 11 is 0. The summed E-state index contributed by atoms with van der Waals surface area (Å²) in [5.41, 5.74) is 2.12. The van der Waals surface area contributed by atoms with E-state index in [1.165, 1.54) is 19.4 Å². The van der Waals surface area contributed by atoms with Crippen molar-refractivity contribution in [3.63, 3.8) is 0 Å². The summed E-state index contributed by atoms with van der Waals surface area (Å²) in [5.74, 6) is 1.22. The zero-order valence-electron chi connectivity index (χ0n) is 13.0. The van der Waals surface area contributed by atoms with E-state index in [2.05, 4.69) is 22.1 Å². The molecule has 5 heteroatoms. The van der Waals surface area contributed by atoms with Crippen molar-refractivity contribution < 1.29 is 9.21 Å². The van der Waals surface area contributed by atoms with Crippen molar-refractivity contribution in [3.8, 4) is 0 Å². The number of oxazole rings is 1. The van der Waals surface area contributed by atoms with E-state index in [0.29, 0.717) is 29.0 Å². The van der Waals surface area contributed by atoms with Crippen molar-refractivity contribution in [2.75, 3.05) is 13.1 Å². The molecule has 0 saturated carbocycles. The molecule has 1 N–H and O–H groups in total. The maximum absolute atomic E-state index is 12.5. The Labute approximate surface area is 129 Å². The first-order valence-corrected chi connectivity index (χ1v) is 8.02. The van der Waals surface area contributed by atoms with Gasteiger partial charge < -0.3 is 9.73 Å². The Balaban J connectivity index is 1.51. The summed E-state index contributed by atoms with van der Waals surface area (Å²) in [4.78, 5) is 19.3. The van der Waals surface area contributed by atoms with Crippen LogP contribution in [-0.2, 0) is 0 Å². The van der Waals surface area contributed by atoms with Crippen molar-refractivity contribution >= 4 is 17.0 Å². The number of nitrogens with one attached hydrogen (secondary N) is 1. The summed E-state index contributed by atoms with van der Waals surface area (Å²) < 4.78 is 5.51. The molecule has 0 spiro atoms. The minimum Gasteiger partial charge on any atom is -0.441 e. The number of amides is 1. The topological polar surface area (TPSA) is 58.4 Å². The van der Waals surface area contributed by atoms with Gasteiger partial charge in [0.2, 0.25) is 0 Å². The number of nitrogens with zero attached hydrogens (tertiary/aromatic N) is 2. The van der Waals surface area contributed by atoms with Gasteiger partial charge in [0.05, 0.1) is 0 Å². The molecule has 3 fully saturated rings. The molecule has 5 rings (SSSR count). The number of fused-ring (bicyclic) bond motifs is 4. The molecule has 3 saturated heterocycles. The summed E-state index contributed by atoms with van der Waals surface area (Å²) in [5, 5.41) is 3.22. The Bertz CT molecular complexity index is 724. The lowest BCUT2D eigenvalue weighted by atomic mass is 9.80. The molecule has 4 heterocycles. The number of carbonyl (C=O) groups excluding carboxylic acids is 1. The Morgan fingerprint density at radius 2 is 2.32 bits per heavy atom. The van der Waals surface area contributed by atoms with Crippen LogP contribution in [-0.4, -0.2) is 41.0 Å². The molecule has 2 bridgehead atoms. The van der Waals surface area contributed by atoms with Crippen molar-refractivity contribution in [1.29, 1.82) is 0 Å². The average Bonchev–Trinajstić information content (AvgIpc) is 2.87. The molecular formula is C17H21N3O2. The van der Waals surface area contributed by atoms with Gasteiger partial charge in [0.1, 0.15) is 5.52 Å². The predicted octanol–water partition coefficient (Wildman–Crippen LogP) is 2.35. The van der Waals surface area contributed by atoms with Gasteiger partial charge in [-0.2, -0.15) is 0 Å². The first kappa shape index (κ1) is 13.8. The number of aryl methyl sites for hydroxylation is 1. The summed E-state index contributed by atoms with van der Waals surface area (Å²) in [6, 6.07) is 6.38. The average molecular weight is 299 g/mol. The standard InChI is InChI=1S/C17H21N3O2/c1-10-7-12-5-6-20(10)9-15(12)19-17(21)13-3-4-14-16(8-13)22-11(2)18-14/h3-4,8,10,12,15H,5-7,9H2,1-2H3,(H,19,21). The Morgan fingerprint density at radius 1 is 1.45 bits per heavy atom. The molecule has 3 aliphatic rings. The highest BCUT2D eigenvalue weighted by Gasteiger charge is 2.38. The van der Waals surface area contributed by atoms with Gasteiger partial charge in [-0.3, -0.25) is 9.69 Å². The van der Waals surface area contributed by atoms with Crippen molar-refractivity contribution in [2.24, 2.45) is 5.92 Å². The number of aromatic nitrogens is 1. The van der Waals surface area contributed by atoms with E-state index >= 15 is 0 Å². The third-order valence-electron chi connectivity index (χ3n) is 5.13. The Hall–Kier alpha value is -1.88. The maximum Gasteiger partial charge on any atom is 0.251 e. The molecule has 5 nitrogen and oxygen atoms in total.